The first-order chi connectivity index (χ1) is 13.7. The maximum atomic E-state index is 12.8. The molecular weight excluding hydrogens is 409 g/mol. The lowest BCUT2D eigenvalue weighted by Gasteiger charge is -2.12. The molecule has 0 N–H and O–H groups in total. The molecule has 0 radical (unpaired) electrons. The number of amides is 2. The lowest BCUT2D eigenvalue weighted by molar-refractivity contribution is -0.168. The molecule has 10 heteroatoms. The van der Waals surface area contributed by atoms with E-state index in [-0.39, 0.29) is 29.5 Å². The van der Waals surface area contributed by atoms with Gasteiger partial charge in [0.1, 0.15) is 0 Å². The van der Waals surface area contributed by atoms with E-state index in [1.807, 2.05) is 0 Å². The molecule has 2 aromatic carbocycles. The van der Waals surface area contributed by atoms with Gasteiger partial charge in [0, 0.05) is 6.42 Å². The largest absolute Gasteiger partial charge is 0.416 e. The van der Waals surface area contributed by atoms with Crippen molar-refractivity contribution >= 4 is 39.3 Å². The monoisotopic (exact) mass is 420 g/mol. The van der Waals surface area contributed by atoms with Gasteiger partial charge >= 0.3 is 12.1 Å². The van der Waals surface area contributed by atoms with Crippen LogP contribution in [-0.4, -0.2) is 27.8 Å². The molecule has 0 bridgehead atoms. The van der Waals surface area contributed by atoms with Gasteiger partial charge in [0.2, 0.25) is 0 Å². The molecule has 1 aromatic heterocycles. The van der Waals surface area contributed by atoms with Crippen molar-refractivity contribution in [3.8, 4) is 0 Å². The zero-order valence-corrected chi connectivity index (χ0v) is 15.3. The molecule has 0 aliphatic carbocycles. The van der Waals surface area contributed by atoms with E-state index < -0.39 is 29.5 Å². The van der Waals surface area contributed by atoms with Crippen molar-refractivity contribution in [1.82, 2.24) is 10.0 Å². The number of hydrogen-bond acceptors (Lipinski definition) is 6. The van der Waals surface area contributed by atoms with E-state index in [1.165, 1.54) is 18.2 Å². The fraction of sp³-hybridized carbons (Fsp3) is 0.158. The van der Waals surface area contributed by atoms with Crippen LogP contribution in [-0.2, 0) is 22.2 Å². The van der Waals surface area contributed by atoms with Crippen LogP contribution in [0.25, 0.3) is 10.2 Å². The number of hydrogen-bond donors (Lipinski definition) is 0. The van der Waals surface area contributed by atoms with Crippen LogP contribution in [0.3, 0.4) is 0 Å². The first-order valence-corrected chi connectivity index (χ1v) is 9.21. The van der Waals surface area contributed by atoms with Gasteiger partial charge in [-0.05, 0) is 30.3 Å². The molecule has 0 unspecified atom stereocenters. The molecule has 3 aromatic rings. The number of rotatable bonds is 4. The van der Waals surface area contributed by atoms with Crippen molar-refractivity contribution in [3.63, 3.8) is 0 Å². The molecule has 6 nitrogen and oxygen atoms in total. The fourth-order valence-corrected chi connectivity index (χ4v) is 3.81. The number of carbonyl (C=O) groups is 3. The summed E-state index contributed by atoms with van der Waals surface area (Å²) in [6.45, 7) is 0. The summed E-state index contributed by atoms with van der Waals surface area (Å²) in [4.78, 5) is 45.4. The first-order valence-electron chi connectivity index (χ1n) is 8.39. The summed E-state index contributed by atoms with van der Waals surface area (Å²) in [5.41, 5.74) is -0.311. The molecule has 0 spiro atoms. The Hall–Kier alpha value is -3.27. The van der Waals surface area contributed by atoms with Crippen LogP contribution >= 0.6 is 11.3 Å². The molecule has 148 valence electrons. The minimum absolute atomic E-state index is 0.0999. The van der Waals surface area contributed by atoms with Crippen LogP contribution in [0.4, 0.5) is 13.2 Å². The highest BCUT2D eigenvalue weighted by Crippen LogP contribution is 2.33. The van der Waals surface area contributed by atoms with E-state index in [4.69, 9.17) is 4.84 Å². The normalized spacial score (nSPS) is 13.8. The zero-order chi connectivity index (χ0) is 20.8. The number of aryl methyl sites for hydroxylation is 1. The van der Waals surface area contributed by atoms with Crippen LogP contribution in [0.1, 0.15) is 37.7 Å². The van der Waals surface area contributed by atoms with Crippen LogP contribution in [0.15, 0.2) is 42.5 Å². The second-order valence-electron chi connectivity index (χ2n) is 6.20. The number of aromatic nitrogens is 1. The molecular formula is C19H11F3N2O4S. The summed E-state index contributed by atoms with van der Waals surface area (Å²) < 4.78 is 38.9. The number of halogens is 3. The van der Waals surface area contributed by atoms with Gasteiger partial charge in [-0.2, -0.15) is 13.2 Å². The molecule has 0 saturated heterocycles. The van der Waals surface area contributed by atoms with Gasteiger partial charge in [0.15, 0.2) is 0 Å². The predicted octanol–water partition coefficient (Wildman–Crippen LogP) is 4.00. The molecule has 0 saturated carbocycles. The summed E-state index contributed by atoms with van der Waals surface area (Å²) in [6.07, 6.45) is -4.56. The van der Waals surface area contributed by atoms with Crippen molar-refractivity contribution in [2.24, 2.45) is 0 Å². The Labute approximate surface area is 165 Å². The van der Waals surface area contributed by atoms with Crippen LogP contribution in [0.5, 0.6) is 0 Å². The third kappa shape index (κ3) is 3.58. The average molecular weight is 420 g/mol. The van der Waals surface area contributed by atoms with Gasteiger partial charge in [0.25, 0.3) is 11.8 Å². The van der Waals surface area contributed by atoms with Gasteiger partial charge in [0.05, 0.1) is 38.3 Å². The van der Waals surface area contributed by atoms with Crippen LogP contribution < -0.4 is 0 Å². The van der Waals surface area contributed by atoms with Gasteiger partial charge < -0.3 is 4.84 Å². The number of fused-ring (bicyclic) bond motifs is 2. The number of alkyl halides is 3. The minimum Gasteiger partial charge on any atom is -0.330 e. The Balaban J connectivity index is 1.41. The smallest absolute Gasteiger partial charge is 0.330 e. The highest BCUT2D eigenvalue weighted by atomic mass is 32.1. The van der Waals surface area contributed by atoms with E-state index in [0.29, 0.717) is 14.8 Å². The van der Waals surface area contributed by atoms with Gasteiger partial charge in [-0.15, -0.1) is 11.3 Å². The average Bonchev–Trinajstić information content (AvgIpc) is 3.20. The molecule has 4 rings (SSSR count). The fourth-order valence-electron chi connectivity index (χ4n) is 2.86. The standard InChI is InChI=1S/C19H11F3N2O4S/c20-19(21,22)10-5-6-14-13(9-10)23-15(29-14)7-8-16(25)28-24-17(26)11-3-1-2-4-12(11)18(24)27/h1-6,9H,7-8H2. The highest BCUT2D eigenvalue weighted by molar-refractivity contribution is 7.18. The number of benzene rings is 2. The van der Waals surface area contributed by atoms with Crippen molar-refractivity contribution in [3.05, 3.63) is 64.2 Å². The van der Waals surface area contributed by atoms with E-state index in [0.717, 1.165) is 23.5 Å². The zero-order valence-electron chi connectivity index (χ0n) is 14.5. The van der Waals surface area contributed by atoms with E-state index in [2.05, 4.69) is 4.98 Å². The topological polar surface area (TPSA) is 76.6 Å². The van der Waals surface area contributed by atoms with E-state index in [1.54, 1.807) is 12.1 Å². The molecule has 0 atom stereocenters. The number of imide groups is 1. The minimum atomic E-state index is -4.46. The summed E-state index contributed by atoms with van der Waals surface area (Å²) >= 11 is 1.16. The number of nitrogens with zero attached hydrogens (tertiary/aromatic N) is 2. The summed E-state index contributed by atoms with van der Waals surface area (Å²) in [5.74, 6) is -2.27. The molecule has 2 amide bonds. The van der Waals surface area contributed by atoms with Crippen LogP contribution in [0.2, 0.25) is 0 Å². The third-order valence-electron chi connectivity index (χ3n) is 4.25. The second-order valence-corrected chi connectivity index (χ2v) is 7.32. The highest BCUT2D eigenvalue weighted by Gasteiger charge is 2.38. The lowest BCUT2D eigenvalue weighted by atomic mass is 10.1. The first kappa shape index (κ1) is 19.1. The number of thiazole rings is 1. The summed E-state index contributed by atoms with van der Waals surface area (Å²) in [5, 5.41) is 0.861. The molecule has 1 aliphatic heterocycles. The predicted molar refractivity (Wildman–Crippen MR) is 96.0 cm³/mol. The van der Waals surface area contributed by atoms with E-state index in [9.17, 15) is 27.6 Å². The molecule has 29 heavy (non-hydrogen) atoms. The third-order valence-corrected chi connectivity index (χ3v) is 5.35. The molecule has 2 heterocycles. The maximum absolute atomic E-state index is 12.8. The van der Waals surface area contributed by atoms with Crippen molar-refractivity contribution < 1.29 is 32.4 Å². The Morgan fingerprint density at radius 2 is 1.72 bits per heavy atom. The van der Waals surface area contributed by atoms with Gasteiger partial charge in [-0.3, -0.25) is 9.59 Å². The van der Waals surface area contributed by atoms with Crippen molar-refractivity contribution in [2.45, 2.75) is 19.0 Å². The Morgan fingerprint density at radius 1 is 1.07 bits per heavy atom. The van der Waals surface area contributed by atoms with Gasteiger partial charge in [-0.1, -0.05) is 17.2 Å². The summed E-state index contributed by atoms with van der Waals surface area (Å²) in [6, 6.07) is 9.35. The Morgan fingerprint density at radius 3 is 2.34 bits per heavy atom. The van der Waals surface area contributed by atoms with E-state index >= 15 is 0 Å². The van der Waals surface area contributed by atoms with Crippen LogP contribution in [0, 0.1) is 0 Å². The number of hydroxylamine groups is 2. The van der Waals surface area contributed by atoms with Gasteiger partial charge in [-0.25, -0.2) is 9.78 Å². The number of carbonyl (C=O) groups excluding carboxylic acids is 3. The molecule has 0 fully saturated rings. The summed E-state index contributed by atoms with van der Waals surface area (Å²) in [7, 11) is 0. The Bertz CT molecular complexity index is 1120. The van der Waals surface area contributed by atoms with Crippen molar-refractivity contribution in [2.75, 3.05) is 0 Å². The quantitative estimate of drug-likeness (QED) is 0.597. The maximum Gasteiger partial charge on any atom is 0.416 e. The Kier molecular flexibility index (Phi) is 4.58. The lowest BCUT2D eigenvalue weighted by Crippen LogP contribution is -2.32. The second kappa shape index (κ2) is 6.96. The van der Waals surface area contributed by atoms with Crippen molar-refractivity contribution in [1.29, 1.82) is 0 Å². The molecule has 1 aliphatic rings. The SMILES string of the molecule is O=C(CCc1nc2cc(C(F)(F)F)ccc2s1)ON1C(=O)c2ccccc2C1=O.